The van der Waals surface area contributed by atoms with E-state index in [-0.39, 0.29) is 17.3 Å². The summed E-state index contributed by atoms with van der Waals surface area (Å²) in [7, 11) is -2.59. The minimum absolute atomic E-state index is 0.0562. The smallest absolute Gasteiger partial charge is 0.264 e. The van der Waals surface area contributed by atoms with Crippen molar-refractivity contribution in [3.05, 3.63) is 90.5 Å². The van der Waals surface area contributed by atoms with Crippen molar-refractivity contribution in [1.29, 1.82) is 0 Å². The number of methoxy groups -OCH3 is 1. The molecule has 0 heterocycles. The third kappa shape index (κ3) is 7.83. The molecule has 0 fully saturated rings. The van der Waals surface area contributed by atoms with Crippen LogP contribution in [0.3, 0.4) is 0 Å². The largest absolute Gasteiger partial charge is 0.497 e. The molecule has 3 rings (SSSR count). The third-order valence-corrected chi connectivity index (χ3v) is 7.84. The van der Waals surface area contributed by atoms with Crippen molar-refractivity contribution in [3.63, 3.8) is 0 Å². The third-order valence-electron chi connectivity index (χ3n) is 6.05. The monoisotopic (exact) mass is 551 g/mol. The molecule has 39 heavy (non-hydrogen) atoms. The molecule has 2 amide bonds. The highest BCUT2D eigenvalue weighted by Gasteiger charge is 2.34. The van der Waals surface area contributed by atoms with Crippen LogP contribution in [0.1, 0.15) is 39.7 Å². The van der Waals surface area contributed by atoms with Gasteiger partial charge < -0.3 is 15.0 Å². The zero-order valence-electron chi connectivity index (χ0n) is 23.1. The van der Waals surface area contributed by atoms with Crippen molar-refractivity contribution in [2.75, 3.05) is 18.0 Å². The van der Waals surface area contributed by atoms with Crippen LogP contribution in [-0.4, -0.2) is 50.4 Å². The van der Waals surface area contributed by atoms with E-state index in [2.05, 4.69) is 5.32 Å². The van der Waals surface area contributed by atoms with E-state index < -0.39 is 34.1 Å². The van der Waals surface area contributed by atoms with Crippen LogP contribution in [0.2, 0.25) is 0 Å². The summed E-state index contributed by atoms with van der Waals surface area (Å²) in [5.74, 6) is -0.237. The molecule has 0 bridgehead atoms. The molecule has 1 N–H and O–H groups in total. The Labute approximate surface area is 231 Å². The molecule has 0 aliphatic heterocycles. The Hall–Kier alpha value is -3.85. The molecule has 0 aliphatic rings. The predicted octanol–water partition coefficient (Wildman–Crippen LogP) is 4.61. The number of ether oxygens (including phenoxy) is 1. The highest BCUT2D eigenvalue weighted by Crippen LogP contribution is 2.26. The van der Waals surface area contributed by atoms with Crippen LogP contribution >= 0.6 is 0 Å². The van der Waals surface area contributed by atoms with Gasteiger partial charge in [-0.3, -0.25) is 13.9 Å². The first-order valence-electron chi connectivity index (χ1n) is 12.8. The Bertz CT molecular complexity index is 1340. The van der Waals surface area contributed by atoms with Gasteiger partial charge in [0, 0.05) is 12.1 Å². The number of nitrogens with zero attached hydrogens (tertiary/aromatic N) is 2. The Balaban J connectivity index is 2.05. The maximum Gasteiger partial charge on any atom is 0.264 e. The molecule has 0 radical (unpaired) electrons. The first kappa shape index (κ1) is 29.7. The number of hydrogen-bond acceptors (Lipinski definition) is 5. The fraction of sp³-hybridized carbons (Fsp3) is 0.333. The lowest BCUT2D eigenvalue weighted by Gasteiger charge is -2.34. The van der Waals surface area contributed by atoms with Gasteiger partial charge in [-0.25, -0.2) is 8.42 Å². The number of nitrogens with one attached hydrogen (secondary N) is 1. The number of carbonyl (C=O) groups is 2. The number of carbonyl (C=O) groups excluding carboxylic acids is 2. The Morgan fingerprint density at radius 2 is 1.46 bits per heavy atom. The lowest BCUT2D eigenvalue weighted by atomic mass is 10.1. The lowest BCUT2D eigenvalue weighted by Crippen LogP contribution is -2.55. The van der Waals surface area contributed by atoms with Gasteiger partial charge in [0.25, 0.3) is 10.0 Å². The summed E-state index contributed by atoms with van der Waals surface area (Å²) in [5, 5.41) is 2.97. The fourth-order valence-corrected chi connectivity index (χ4v) is 5.58. The molecule has 0 saturated carbocycles. The summed E-state index contributed by atoms with van der Waals surface area (Å²) in [6.45, 7) is 7.11. The van der Waals surface area contributed by atoms with Gasteiger partial charge in [0.05, 0.1) is 17.7 Å². The Kier molecular flexibility index (Phi) is 9.75. The van der Waals surface area contributed by atoms with Crippen molar-refractivity contribution in [2.45, 2.75) is 57.1 Å². The number of anilines is 1. The number of rotatable bonds is 11. The Morgan fingerprint density at radius 3 is 1.97 bits per heavy atom. The first-order chi connectivity index (χ1) is 18.5. The maximum atomic E-state index is 14.0. The maximum absolute atomic E-state index is 14.0. The SMILES string of the molecule is CC[C@H](C(=O)NC(C)(C)C)N(Cc1ccccc1)C(=O)CN(c1ccc(OC)cc1)S(=O)(=O)c1ccccc1. The van der Waals surface area contributed by atoms with Gasteiger partial charge in [0.1, 0.15) is 18.3 Å². The van der Waals surface area contributed by atoms with E-state index in [1.165, 1.54) is 24.1 Å². The molecule has 3 aromatic carbocycles. The van der Waals surface area contributed by atoms with Gasteiger partial charge in [-0.05, 0) is 69.2 Å². The molecular weight excluding hydrogens is 514 g/mol. The van der Waals surface area contributed by atoms with E-state index in [1.54, 1.807) is 42.5 Å². The van der Waals surface area contributed by atoms with E-state index in [0.717, 1.165) is 9.87 Å². The van der Waals surface area contributed by atoms with Gasteiger partial charge in [0.2, 0.25) is 11.8 Å². The molecule has 9 heteroatoms. The second kappa shape index (κ2) is 12.8. The van der Waals surface area contributed by atoms with Gasteiger partial charge in [-0.15, -0.1) is 0 Å². The van der Waals surface area contributed by atoms with E-state index >= 15 is 0 Å². The van der Waals surface area contributed by atoms with Crippen LogP contribution in [0.15, 0.2) is 89.8 Å². The predicted molar refractivity (Wildman–Crippen MR) is 153 cm³/mol. The average molecular weight is 552 g/mol. The van der Waals surface area contributed by atoms with Crippen LogP contribution in [0.25, 0.3) is 0 Å². The second-order valence-electron chi connectivity index (χ2n) is 10.2. The van der Waals surface area contributed by atoms with E-state index in [9.17, 15) is 18.0 Å². The standard InChI is InChI=1S/C30H37N3O5S/c1-6-27(29(35)31-30(2,3)4)32(21-23-13-9-7-10-14-23)28(34)22-33(24-17-19-25(38-5)20-18-24)39(36,37)26-15-11-8-12-16-26/h7-20,27H,6,21-22H2,1-5H3,(H,31,35)/t27-/m1/s1. The molecule has 1 atom stereocenters. The number of amides is 2. The molecule has 0 spiro atoms. The first-order valence-corrected chi connectivity index (χ1v) is 14.3. The van der Waals surface area contributed by atoms with Crippen LogP contribution in [0, 0.1) is 0 Å². The van der Waals surface area contributed by atoms with Crippen LogP contribution in [0.5, 0.6) is 5.75 Å². The highest BCUT2D eigenvalue weighted by atomic mass is 32.2. The van der Waals surface area contributed by atoms with Crippen LogP contribution in [-0.2, 0) is 26.2 Å². The molecule has 8 nitrogen and oxygen atoms in total. The molecule has 0 aliphatic carbocycles. The van der Waals surface area contributed by atoms with E-state index in [1.807, 2.05) is 58.0 Å². The molecular formula is C30H37N3O5S. The molecule has 0 saturated heterocycles. The van der Waals surface area contributed by atoms with Gasteiger partial charge in [0.15, 0.2) is 0 Å². The van der Waals surface area contributed by atoms with Gasteiger partial charge in [-0.1, -0.05) is 55.5 Å². The van der Waals surface area contributed by atoms with E-state index in [0.29, 0.717) is 17.9 Å². The van der Waals surface area contributed by atoms with Crippen molar-refractivity contribution < 1.29 is 22.7 Å². The number of benzene rings is 3. The second-order valence-corrected chi connectivity index (χ2v) is 12.1. The summed E-state index contributed by atoms with van der Waals surface area (Å²) in [6.07, 6.45) is 0.356. The van der Waals surface area contributed by atoms with Crippen LogP contribution in [0.4, 0.5) is 5.69 Å². The highest BCUT2D eigenvalue weighted by molar-refractivity contribution is 7.92. The fourth-order valence-electron chi connectivity index (χ4n) is 4.15. The number of sulfonamides is 1. The quantitative estimate of drug-likeness (QED) is 0.375. The normalized spacial score (nSPS) is 12.3. The summed E-state index contributed by atoms with van der Waals surface area (Å²) < 4.78 is 33.9. The molecule has 0 aromatic heterocycles. The zero-order chi connectivity index (χ0) is 28.6. The Morgan fingerprint density at radius 1 is 0.897 bits per heavy atom. The average Bonchev–Trinajstić information content (AvgIpc) is 2.91. The molecule has 3 aromatic rings. The summed E-state index contributed by atoms with van der Waals surface area (Å²) in [4.78, 5) is 28.9. The van der Waals surface area contributed by atoms with Crippen molar-refractivity contribution in [3.8, 4) is 5.75 Å². The molecule has 208 valence electrons. The summed E-state index contributed by atoms with van der Waals surface area (Å²) >= 11 is 0. The summed E-state index contributed by atoms with van der Waals surface area (Å²) in [5.41, 5.74) is 0.632. The van der Waals surface area contributed by atoms with Crippen LogP contribution < -0.4 is 14.4 Å². The summed E-state index contributed by atoms with van der Waals surface area (Å²) in [6, 6.07) is 23.0. The van der Waals surface area contributed by atoms with Crippen molar-refractivity contribution in [2.24, 2.45) is 0 Å². The zero-order valence-corrected chi connectivity index (χ0v) is 23.9. The molecule has 0 unspecified atom stereocenters. The van der Waals surface area contributed by atoms with Gasteiger partial charge >= 0.3 is 0 Å². The van der Waals surface area contributed by atoms with E-state index in [4.69, 9.17) is 4.74 Å². The number of hydrogen-bond donors (Lipinski definition) is 1. The minimum Gasteiger partial charge on any atom is -0.497 e. The van der Waals surface area contributed by atoms with Crippen molar-refractivity contribution in [1.82, 2.24) is 10.2 Å². The van der Waals surface area contributed by atoms with Crippen molar-refractivity contribution >= 4 is 27.5 Å². The lowest BCUT2D eigenvalue weighted by molar-refractivity contribution is -0.141. The van der Waals surface area contributed by atoms with Gasteiger partial charge in [-0.2, -0.15) is 0 Å². The minimum atomic E-state index is -4.11. The topological polar surface area (TPSA) is 96.0 Å².